The van der Waals surface area contributed by atoms with Gasteiger partial charge in [-0.1, -0.05) is 20.8 Å². The Morgan fingerprint density at radius 3 is 2.44 bits per heavy atom. The van der Waals surface area contributed by atoms with Gasteiger partial charge in [0.25, 0.3) is 0 Å². The zero-order valence-corrected chi connectivity index (χ0v) is 9.65. The molecule has 0 aliphatic rings. The second kappa shape index (κ2) is 3.92. The van der Waals surface area contributed by atoms with E-state index in [1.165, 1.54) is 0 Å². The fourth-order valence-corrected chi connectivity index (χ4v) is 1.25. The molecule has 0 unspecified atom stereocenters. The second-order valence-corrected chi connectivity index (χ2v) is 4.61. The maximum Gasteiger partial charge on any atom is 0.228 e. The van der Waals surface area contributed by atoms with Crippen LogP contribution in [-0.4, -0.2) is 20.2 Å². The molecule has 0 radical (unpaired) electrons. The van der Waals surface area contributed by atoms with E-state index in [-0.39, 0.29) is 5.41 Å². The standard InChI is InChI=1S/C11H15N5/c1-11(2,3)8-7-9(16-15-8)14-10-12-5-4-6-13-10/h4-7H,1-3H3,(H2,12,13,14,15,16). The van der Waals surface area contributed by atoms with Crippen molar-refractivity contribution in [1.29, 1.82) is 0 Å². The molecule has 2 heterocycles. The topological polar surface area (TPSA) is 66.5 Å². The van der Waals surface area contributed by atoms with Crippen LogP contribution in [0.2, 0.25) is 0 Å². The van der Waals surface area contributed by atoms with Crippen molar-refractivity contribution >= 4 is 11.8 Å². The SMILES string of the molecule is CC(C)(C)c1cc(Nc2ncccn2)n[nH]1. The molecule has 2 aromatic rings. The molecule has 5 nitrogen and oxygen atoms in total. The Morgan fingerprint density at radius 2 is 1.88 bits per heavy atom. The van der Waals surface area contributed by atoms with Crippen LogP contribution in [-0.2, 0) is 5.41 Å². The summed E-state index contributed by atoms with van der Waals surface area (Å²) in [7, 11) is 0. The average Bonchev–Trinajstić information content (AvgIpc) is 2.67. The molecule has 0 spiro atoms. The predicted octanol–water partition coefficient (Wildman–Crippen LogP) is 2.24. The molecule has 0 amide bonds. The highest BCUT2D eigenvalue weighted by atomic mass is 15.2. The van der Waals surface area contributed by atoms with E-state index in [4.69, 9.17) is 0 Å². The Balaban J connectivity index is 2.15. The van der Waals surface area contributed by atoms with Crippen molar-refractivity contribution in [3.8, 4) is 0 Å². The lowest BCUT2D eigenvalue weighted by Gasteiger charge is -2.14. The van der Waals surface area contributed by atoms with Crippen LogP contribution in [0.3, 0.4) is 0 Å². The summed E-state index contributed by atoms with van der Waals surface area (Å²) < 4.78 is 0. The molecular formula is C11H15N5. The van der Waals surface area contributed by atoms with Crippen LogP contribution >= 0.6 is 0 Å². The van der Waals surface area contributed by atoms with Crippen LogP contribution in [0.15, 0.2) is 24.5 Å². The third-order valence-corrected chi connectivity index (χ3v) is 2.19. The summed E-state index contributed by atoms with van der Waals surface area (Å²) in [5, 5.41) is 10.2. The molecule has 0 aliphatic carbocycles. The van der Waals surface area contributed by atoms with Gasteiger partial charge in [-0.2, -0.15) is 5.10 Å². The van der Waals surface area contributed by atoms with E-state index in [1.54, 1.807) is 18.5 Å². The van der Waals surface area contributed by atoms with Gasteiger partial charge in [0.15, 0.2) is 5.82 Å². The third-order valence-electron chi connectivity index (χ3n) is 2.19. The molecule has 0 saturated carbocycles. The van der Waals surface area contributed by atoms with Crippen LogP contribution in [0, 0.1) is 0 Å². The maximum absolute atomic E-state index is 4.16. The molecule has 0 saturated heterocycles. The number of aromatic nitrogens is 4. The quantitative estimate of drug-likeness (QED) is 0.809. The molecule has 0 aromatic carbocycles. The molecule has 5 heteroatoms. The van der Waals surface area contributed by atoms with E-state index in [0.717, 1.165) is 11.5 Å². The number of hydrogen-bond donors (Lipinski definition) is 2. The minimum absolute atomic E-state index is 0.0600. The Bertz CT molecular complexity index is 455. The Labute approximate surface area is 94.3 Å². The first-order valence-corrected chi connectivity index (χ1v) is 5.15. The summed E-state index contributed by atoms with van der Waals surface area (Å²) in [5.74, 6) is 1.28. The number of nitrogens with one attached hydrogen (secondary N) is 2. The highest BCUT2D eigenvalue weighted by molar-refractivity contribution is 5.48. The monoisotopic (exact) mass is 217 g/mol. The first-order chi connectivity index (χ1) is 7.55. The number of rotatable bonds is 2. The zero-order chi connectivity index (χ0) is 11.6. The number of aromatic amines is 1. The molecule has 0 atom stereocenters. The second-order valence-electron chi connectivity index (χ2n) is 4.61. The van der Waals surface area contributed by atoms with E-state index in [9.17, 15) is 0 Å². The van der Waals surface area contributed by atoms with Gasteiger partial charge in [-0.15, -0.1) is 0 Å². The fraction of sp³-hybridized carbons (Fsp3) is 0.364. The highest BCUT2D eigenvalue weighted by Crippen LogP contribution is 2.22. The fourth-order valence-electron chi connectivity index (χ4n) is 1.25. The van der Waals surface area contributed by atoms with Gasteiger partial charge in [-0.25, -0.2) is 9.97 Å². The van der Waals surface area contributed by atoms with Crippen LogP contribution in [0.1, 0.15) is 26.5 Å². The summed E-state index contributed by atoms with van der Waals surface area (Å²) in [5.41, 5.74) is 1.13. The van der Waals surface area contributed by atoms with E-state index in [1.807, 2.05) is 6.07 Å². The van der Waals surface area contributed by atoms with Gasteiger partial charge < -0.3 is 5.32 Å². The minimum Gasteiger partial charge on any atom is -0.307 e. The summed E-state index contributed by atoms with van der Waals surface area (Å²) in [6.07, 6.45) is 3.37. The highest BCUT2D eigenvalue weighted by Gasteiger charge is 2.16. The smallest absolute Gasteiger partial charge is 0.228 e. The largest absolute Gasteiger partial charge is 0.307 e. The average molecular weight is 217 g/mol. The van der Waals surface area contributed by atoms with Crippen molar-refractivity contribution in [3.63, 3.8) is 0 Å². The molecule has 0 bridgehead atoms. The van der Waals surface area contributed by atoms with Crippen LogP contribution in [0.4, 0.5) is 11.8 Å². The maximum atomic E-state index is 4.16. The van der Waals surface area contributed by atoms with Gasteiger partial charge in [0.2, 0.25) is 5.95 Å². The first kappa shape index (κ1) is 10.6. The molecule has 2 N–H and O–H groups in total. The van der Waals surface area contributed by atoms with Crippen molar-refractivity contribution in [3.05, 3.63) is 30.2 Å². The lowest BCUT2D eigenvalue weighted by atomic mass is 9.92. The van der Waals surface area contributed by atoms with Gasteiger partial charge >= 0.3 is 0 Å². The summed E-state index contributed by atoms with van der Waals surface area (Å²) in [6, 6.07) is 3.74. The molecule has 84 valence electrons. The lowest BCUT2D eigenvalue weighted by molar-refractivity contribution is 0.567. The number of hydrogen-bond acceptors (Lipinski definition) is 4. The molecule has 0 fully saturated rings. The Hall–Kier alpha value is -1.91. The molecule has 2 aromatic heterocycles. The minimum atomic E-state index is 0.0600. The first-order valence-electron chi connectivity index (χ1n) is 5.15. The number of H-pyrrole nitrogens is 1. The van der Waals surface area contributed by atoms with Crippen molar-refractivity contribution in [2.75, 3.05) is 5.32 Å². The lowest BCUT2D eigenvalue weighted by Crippen LogP contribution is -2.11. The van der Waals surface area contributed by atoms with Crippen LogP contribution < -0.4 is 5.32 Å². The number of anilines is 2. The number of nitrogens with zero attached hydrogens (tertiary/aromatic N) is 3. The summed E-state index contributed by atoms with van der Waals surface area (Å²) in [4.78, 5) is 8.14. The normalized spacial score (nSPS) is 11.4. The summed E-state index contributed by atoms with van der Waals surface area (Å²) in [6.45, 7) is 6.38. The van der Waals surface area contributed by atoms with Gasteiger partial charge in [0.1, 0.15) is 0 Å². The van der Waals surface area contributed by atoms with Gasteiger partial charge in [-0.05, 0) is 6.07 Å². The third kappa shape index (κ3) is 2.36. The van der Waals surface area contributed by atoms with Crippen molar-refractivity contribution < 1.29 is 0 Å². The van der Waals surface area contributed by atoms with Gasteiger partial charge in [-0.3, -0.25) is 5.10 Å². The van der Waals surface area contributed by atoms with Gasteiger partial charge in [0, 0.05) is 29.6 Å². The van der Waals surface area contributed by atoms with Gasteiger partial charge in [0.05, 0.1) is 0 Å². The van der Waals surface area contributed by atoms with Crippen molar-refractivity contribution in [2.45, 2.75) is 26.2 Å². The van der Waals surface area contributed by atoms with Crippen molar-refractivity contribution in [2.24, 2.45) is 0 Å². The molecule has 2 rings (SSSR count). The summed E-state index contributed by atoms with van der Waals surface area (Å²) >= 11 is 0. The predicted molar refractivity (Wildman–Crippen MR) is 62.6 cm³/mol. The van der Waals surface area contributed by atoms with E-state index in [0.29, 0.717) is 5.95 Å². The van der Waals surface area contributed by atoms with Crippen molar-refractivity contribution in [1.82, 2.24) is 20.2 Å². The van der Waals surface area contributed by atoms with E-state index in [2.05, 4.69) is 46.3 Å². The molecule has 16 heavy (non-hydrogen) atoms. The molecule has 0 aliphatic heterocycles. The Kier molecular flexibility index (Phi) is 2.60. The Morgan fingerprint density at radius 1 is 1.19 bits per heavy atom. The van der Waals surface area contributed by atoms with E-state index >= 15 is 0 Å². The zero-order valence-electron chi connectivity index (χ0n) is 9.65. The van der Waals surface area contributed by atoms with Crippen LogP contribution in [0.25, 0.3) is 0 Å². The van der Waals surface area contributed by atoms with E-state index < -0.39 is 0 Å². The molecular weight excluding hydrogens is 202 g/mol. The van der Waals surface area contributed by atoms with Crippen LogP contribution in [0.5, 0.6) is 0 Å².